The summed E-state index contributed by atoms with van der Waals surface area (Å²) in [6.45, 7) is 6.83. The van der Waals surface area contributed by atoms with E-state index in [4.69, 9.17) is 4.74 Å². The third-order valence-electron chi connectivity index (χ3n) is 4.89. The van der Waals surface area contributed by atoms with Crippen LogP contribution in [0, 0.1) is 10.8 Å². The predicted octanol–water partition coefficient (Wildman–Crippen LogP) is 4.34. The number of ether oxygens (including phenoxy) is 1. The lowest BCUT2D eigenvalue weighted by molar-refractivity contribution is -0.167. The first-order valence-electron chi connectivity index (χ1n) is 7.17. The topological polar surface area (TPSA) is 26.3 Å². The molecular formula is C17H24O2. The highest BCUT2D eigenvalue weighted by atomic mass is 16.5. The smallest absolute Gasteiger partial charge is 0.312 e. The summed E-state index contributed by atoms with van der Waals surface area (Å²) in [7, 11) is 0. The molecule has 0 heterocycles. The molecule has 1 saturated carbocycles. The lowest BCUT2D eigenvalue weighted by atomic mass is 9.59. The van der Waals surface area contributed by atoms with Crippen LogP contribution in [0.25, 0.3) is 0 Å². The first-order chi connectivity index (χ1) is 8.96. The van der Waals surface area contributed by atoms with Crippen molar-refractivity contribution in [3.63, 3.8) is 0 Å². The number of hydrogen-bond donors (Lipinski definition) is 0. The van der Waals surface area contributed by atoms with Crippen LogP contribution in [0.4, 0.5) is 0 Å². The molecule has 1 aliphatic carbocycles. The molecule has 0 radical (unpaired) electrons. The Balaban J connectivity index is 2.02. The van der Waals surface area contributed by atoms with Gasteiger partial charge in [-0.3, -0.25) is 4.79 Å². The first kappa shape index (κ1) is 14.1. The predicted molar refractivity (Wildman–Crippen MR) is 76.6 cm³/mol. The molecule has 0 amide bonds. The molecule has 1 aromatic rings. The van der Waals surface area contributed by atoms with Crippen LogP contribution in [-0.2, 0) is 16.1 Å². The van der Waals surface area contributed by atoms with E-state index in [0.717, 1.165) is 24.8 Å². The number of carbonyl (C=O) groups excluding carboxylic acids is 1. The van der Waals surface area contributed by atoms with Gasteiger partial charge in [-0.2, -0.15) is 0 Å². The normalized spacial score (nSPS) is 25.8. The lowest BCUT2D eigenvalue weighted by Crippen LogP contribution is -2.45. The summed E-state index contributed by atoms with van der Waals surface area (Å²) in [5.74, 6) is -0.0407. The maximum Gasteiger partial charge on any atom is 0.312 e. The van der Waals surface area contributed by atoms with Gasteiger partial charge in [0.15, 0.2) is 0 Å². The largest absolute Gasteiger partial charge is 0.460 e. The highest BCUT2D eigenvalue weighted by Crippen LogP contribution is 2.50. The Labute approximate surface area is 116 Å². The standard InChI is InChI=1S/C17H24O2/c1-16(2)11-7-8-12-17(16,3)15(18)19-13-14-9-5-4-6-10-14/h4-6,9-10H,7-8,11-13H2,1-3H3/t17-/m0/s1. The molecule has 0 unspecified atom stereocenters. The lowest BCUT2D eigenvalue weighted by Gasteiger charge is -2.45. The van der Waals surface area contributed by atoms with E-state index < -0.39 is 0 Å². The van der Waals surface area contributed by atoms with E-state index in [1.807, 2.05) is 30.3 Å². The maximum atomic E-state index is 12.5. The van der Waals surface area contributed by atoms with Crippen molar-refractivity contribution >= 4 is 5.97 Å². The van der Waals surface area contributed by atoms with E-state index in [-0.39, 0.29) is 16.8 Å². The van der Waals surface area contributed by atoms with Gasteiger partial charge in [0, 0.05) is 0 Å². The van der Waals surface area contributed by atoms with Crippen LogP contribution in [0.3, 0.4) is 0 Å². The summed E-state index contributed by atoms with van der Waals surface area (Å²) in [6, 6.07) is 9.88. The summed E-state index contributed by atoms with van der Waals surface area (Å²) in [6.07, 6.45) is 4.38. The third-order valence-corrected chi connectivity index (χ3v) is 4.89. The van der Waals surface area contributed by atoms with Crippen molar-refractivity contribution in [1.29, 1.82) is 0 Å². The molecule has 0 bridgehead atoms. The summed E-state index contributed by atoms with van der Waals surface area (Å²) in [5, 5.41) is 0. The van der Waals surface area contributed by atoms with E-state index in [0.29, 0.717) is 6.61 Å². The highest BCUT2D eigenvalue weighted by Gasteiger charge is 2.49. The van der Waals surface area contributed by atoms with Crippen molar-refractivity contribution < 1.29 is 9.53 Å². The summed E-state index contributed by atoms with van der Waals surface area (Å²) >= 11 is 0. The molecule has 1 fully saturated rings. The Morgan fingerprint density at radius 3 is 2.37 bits per heavy atom. The molecular weight excluding hydrogens is 236 g/mol. The zero-order chi connectivity index (χ0) is 13.9. The highest BCUT2D eigenvalue weighted by molar-refractivity contribution is 5.77. The molecule has 0 aromatic heterocycles. The molecule has 0 spiro atoms. The van der Waals surface area contributed by atoms with Crippen molar-refractivity contribution in [3.05, 3.63) is 35.9 Å². The van der Waals surface area contributed by atoms with Gasteiger partial charge in [-0.15, -0.1) is 0 Å². The van der Waals surface area contributed by atoms with E-state index in [2.05, 4.69) is 20.8 Å². The van der Waals surface area contributed by atoms with Crippen LogP contribution < -0.4 is 0 Å². The van der Waals surface area contributed by atoms with Gasteiger partial charge in [-0.1, -0.05) is 57.0 Å². The zero-order valence-corrected chi connectivity index (χ0v) is 12.2. The molecule has 2 rings (SSSR count). The van der Waals surface area contributed by atoms with Gasteiger partial charge in [-0.05, 0) is 30.7 Å². The van der Waals surface area contributed by atoms with E-state index in [9.17, 15) is 4.79 Å². The molecule has 1 aromatic carbocycles. The van der Waals surface area contributed by atoms with Gasteiger partial charge in [-0.25, -0.2) is 0 Å². The van der Waals surface area contributed by atoms with E-state index in [1.165, 1.54) is 6.42 Å². The van der Waals surface area contributed by atoms with Gasteiger partial charge < -0.3 is 4.74 Å². The maximum absolute atomic E-state index is 12.5. The number of esters is 1. The minimum atomic E-state index is -0.347. The fourth-order valence-corrected chi connectivity index (χ4v) is 2.92. The molecule has 104 valence electrons. The Bertz CT molecular complexity index is 436. The minimum absolute atomic E-state index is 0.0268. The number of rotatable bonds is 3. The van der Waals surface area contributed by atoms with Gasteiger partial charge in [0.05, 0.1) is 5.41 Å². The fourth-order valence-electron chi connectivity index (χ4n) is 2.92. The van der Waals surface area contributed by atoms with Gasteiger partial charge in [0.25, 0.3) is 0 Å². The Morgan fingerprint density at radius 2 is 1.74 bits per heavy atom. The van der Waals surface area contributed by atoms with Crippen LogP contribution in [0.2, 0.25) is 0 Å². The van der Waals surface area contributed by atoms with Crippen LogP contribution >= 0.6 is 0 Å². The number of carbonyl (C=O) groups is 1. The molecule has 0 aliphatic heterocycles. The van der Waals surface area contributed by atoms with Gasteiger partial charge in [0.1, 0.15) is 6.61 Å². The van der Waals surface area contributed by atoms with Gasteiger partial charge >= 0.3 is 5.97 Å². The second-order valence-electron chi connectivity index (χ2n) is 6.48. The Kier molecular flexibility index (Phi) is 3.98. The van der Waals surface area contributed by atoms with Crippen LogP contribution in [0.5, 0.6) is 0 Å². The average molecular weight is 260 g/mol. The first-order valence-corrected chi connectivity index (χ1v) is 7.17. The minimum Gasteiger partial charge on any atom is -0.460 e. The molecule has 1 aliphatic rings. The summed E-state index contributed by atoms with van der Waals surface area (Å²) in [5.41, 5.74) is 0.729. The monoisotopic (exact) mass is 260 g/mol. The van der Waals surface area contributed by atoms with E-state index in [1.54, 1.807) is 0 Å². The summed E-state index contributed by atoms with van der Waals surface area (Å²) < 4.78 is 5.57. The van der Waals surface area contributed by atoms with Crippen LogP contribution in [0.15, 0.2) is 30.3 Å². The second kappa shape index (κ2) is 5.36. The SMILES string of the molecule is CC1(C)CCCC[C@@]1(C)C(=O)OCc1ccccc1. The molecule has 0 N–H and O–H groups in total. The Morgan fingerprint density at radius 1 is 1.11 bits per heavy atom. The van der Waals surface area contributed by atoms with Crippen molar-refractivity contribution in [1.82, 2.24) is 0 Å². The molecule has 2 nitrogen and oxygen atoms in total. The molecule has 19 heavy (non-hydrogen) atoms. The third kappa shape index (κ3) is 2.83. The number of benzene rings is 1. The Hall–Kier alpha value is -1.31. The van der Waals surface area contributed by atoms with Crippen molar-refractivity contribution in [3.8, 4) is 0 Å². The molecule has 1 atom stereocenters. The zero-order valence-electron chi connectivity index (χ0n) is 12.2. The van der Waals surface area contributed by atoms with Crippen LogP contribution in [0.1, 0.15) is 52.0 Å². The van der Waals surface area contributed by atoms with Crippen molar-refractivity contribution in [2.24, 2.45) is 10.8 Å². The quantitative estimate of drug-likeness (QED) is 0.756. The van der Waals surface area contributed by atoms with Gasteiger partial charge in [0.2, 0.25) is 0 Å². The molecule has 0 saturated heterocycles. The summed E-state index contributed by atoms with van der Waals surface area (Å²) in [4.78, 5) is 12.5. The van der Waals surface area contributed by atoms with E-state index >= 15 is 0 Å². The fraction of sp³-hybridized carbons (Fsp3) is 0.588. The van der Waals surface area contributed by atoms with Crippen molar-refractivity contribution in [2.45, 2.75) is 53.1 Å². The second-order valence-corrected chi connectivity index (χ2v) is 6.48. The molecule has 2 heteroatoms. The average Bonchev–Trinajstić information content (AvgIpc) is 2.40. The van der Waals surface area contributed by atoms with Crippen molar-refractivity contribution in [2.75, 3.05) is 0 Å². The number of hydrogen-bond acceptors (Lipinski definition) is 2. The van der Waals surface area contributed by atoms with Crippen LogP contribution in [-0.4, -0.2) is 5.97 Å².